The van der Waals surface area contributed by atoms with Gasteiger partial charge in [-0.05, 0) is 45.4 Å². The first-order chi connectivity index (χ1) is 10.5. The monoisotopic (exact) mass is 428 g/mol. The van der Waals surface area contributed by atoms with Crippen molar-refractivity contribution >= 4 is 35.6 Å². The van der Waals surface area contributed by atoms with Gasteiger partial charge in [0.15, 0.2) is 5.96 Å². The van der Waals surface area contributed by atoms with Crippen LogP contribution in [0.15, 0.2) is 41.4 Å². The minimum absolute atomic E-state index is 0. The Hall–Kier alpha value is -1.24. The number of nitrogens with zero attached hydrogens (tertiary/aromatic N) is 2. The smallest absolute Gasteiger partial charge is 0.191 e. The first kappa shape index (κ1) is 19.8. The highest BCUT2D eigenvalue weighted by atomic mass is 127. The van der Waals surface area contributed by atoms with Crippen molar-refractivity contribution in [1.29, 1.82) is 0 Å². The molecule has 0 saturated carbocycles. The fourth-order valence-electron chi connectivity index (χ4n) is 2.37. The second-order valence-electron chi connectivity index (χ2n) is 6.62. The summed E-state index contributed by atoms with van der Waals surface area (Å²) in [5, 5.41) is 6.71. The number of guanidine groups is 1. The molecule has 4 nitrogen and oxygen atoms in total. The molecule has 0 fully saturated rings. The van der Waals surface area contributed by atoms with Gasteiger partial charge in [0.2, 0.25) is 0 Å². The molecule has 0 atom stereocenters. The Bertz CT molecular complexity index is 538. The Morgan fingerprint density at radius 2 is 1.91 bits per heavy atom. The van der Waals surface area contributed by atoms with Crippen LogP contribution in [0.3, 0.4) is 0 Å². The molecule has 2 rings (SSSR count). The maximum absolute atomic E-state index is 4.70. The topological polar surface area (TPSA) is 39.7 Å². The Kier molecular flexibility index (Phi) is 7.88. The van der Waals surface area contributed by atoms with E-state index in [9.17, 15) is 0 Å². The lowest BCUT2D eigenvalue weighted by atomic mass is 10.1. The van der Waals surface area contributed by atoms with E-state index in [0.717, 1.165) is 25.6 Å². The van der Waals surface area contributed by atoms with E-state index in [1.807, 2.05) is 0 Å². The summed E-state index contributed by atoms with van der Waals surface area (Å²) in [6.45, 7) is 12.0. The third-order valence-corrected chi connectivity index (χ3v) is 3.35. The number of hydrogen-bond acceptors (Lipinski definition) is 2. The van der Waals surface area contributed by atoms with Crippen LogP contribution in [0.25, 0.3) is 0 Å². The molecule has 0 aliphatic carbocycles. The van der Waals surface area contributed by atoms with Gasteiger partial charge in [-0.25, -0.2) is 4.99 Å². The molecule has 0 amide bonds. The molecule has 5 heteroatoms. The Morgan fingerprint density at radius 3 is 2.52 bits per heavy atom. The standard InChI is InChI=1S/C18H28N4.HI/c1-5-19-17(21-18(2,3)4)20-14-15-9-8-10-16(13-15)22-11-6-7-12-22;/h6-10,13H,5,11-12,14H2,1-4H3,(H2,19,20,21);1H. The van der Waals surface area contributed by atoms with Gasteiger partial charge < -0.3 is 15.5 Å². The third kappa shape index (κ3) is 6.81. The van der Waals surface area contributed by atoms with Crippen molar-refractivity contribution in [2.45, 2.75) is 39.8 Å². The van der Waals surface area contributed by atoms with E-state index in [-0.39, 0.29) is 29.5 Å². The van der Waals surface area contributed by atoms with E-state index < -0.39 is 0 Å². The minimum Gasteiger partial charge on any atom is -0.364 e. The fraction of sp³-hybridized carbons (Fsp3) is 0.500. The van der Waals surface area contributed by atoms with Crippen molar-refractivity contribution in [2.24, 2.45) is 4.99 Å². The van der Waals surface area contributed by atoms with E-state index in [4.69, 9.17) is 4.99 Å². The van der Waals surface area contributed by atoms with Crippen LogP contribution >= 0.6 is 24.0 Å². The third-order valence-electron chi connectivity index (χ3n) is 3.35. The number of halogens is 1. The van der Waals surface area contributed by atoms with Gasteiger partial charge in [0.1, 0.15) is 0 Å². The van der Waals surface area contributed by atoms with Gasteiger partial charge in [0.25, 0.3) is 0 Å². The van der Waals surface area contributed by atoms with E-state index >= 15 is 0 Å². The summed E-state index contributed by atoms with van der Waals surface area (Å²) in [6, 6.07) is 8.65. The highest BCUT2D eigenvalue weighted by Crippen LogP contribution is 2.18. The summed E-state index contributed by atoms with van der Waals surface area (Å²) in [5.41, 5.74) is 2.51. The molecular formula is C18H29IN4. The van der Waals surface area contributed by atoms with Gasteiger partial charge in [-0.1, -0.05) is 24.3 Å². The van der Waals surface area contributed by atoms with Crippen molar-refractivity contribution in [2.75, 3.05) is 24.5 Å². The summed E-state index contributed by atoms with van der Waals surface area (Å²) >= 11 is 0. The molecule has 0 bridgehead atoms. The van der Waals surface area contributed by atoms with Gasteiger partial charge in [-0.3, -0.25) is 0 Å². The first-order valence-electron chi connectivity index (χ1n) is 8.03. The molecule has 1 aliphatic heterocycles. The summed E-state index contributed by atoms with van der Waals surface area (Å²) in [7, 11) is 0. The van der Waals surface area contributed by atoms with Crippen LogP contribution in [-0.2, 0) is 6.54 Å². The van der Waals surface area contributed by atoms with Crippen molar-refractivity contribution < 1.29 is 0 Å². The van der Waals surface area contributed by atoms with Crippen LogP contribution in [0.2, 0.25) is 0 Å². The van der Waals surface area contributed by atoms with Crippen molar-refractivity contribution in [3.8, 4) is 0 Å². The zero-order valence-electron chi connectivity index (χ0n) is 14.6. The first-order valence-corrected chi connectivity index (χ1v) is 8.03. The van der Waals surface area contributed by atoms with Gasteiger partial charge in [0.05, 0.1) is 6.54 Å². The van der Waals surface area contributed by atoms with E-state index in [1.54, 1.807) is 0 Å². The van der Waals surface area contributed by atoms with Crippen LogP contribution in [0, 0.1) is 0 Å². The molecule has 2 N–H and O–H groups in total. The molecule has 23 heavy (non-hydrogen) atoms. The summed E-state index contributed by atoms with van der Waals surface area (Å²) in [6.07, 6.45) is 4.42. The molecule has 1 aromatic rings. The molecular weight excluding hydrogens is 399 g/mol. The molecule has 1 heterocycles. The van der Waals surface area contributed by atoms with Gasteiger partial charge >= 0.3 is 0 Å². The van der Waals surface area contributed by atoms with Gasteiger partial charge in [-0.15, -0.1) is 24.0 Å². The number of rotatable bonds is 4. The van der Waals surface area contributed by atoms with E-state index in [2.05, 4.69) is 79.6 Å². The van der Waals surface area contributed by atoms with Crippen molar-refractivity contribution in [1.82, 2.24) is 10.6 Å². The maximum atomic E-state index is 4.70. The number of benzene rings is 1. The lowest BCUT2D eigenvalue weighted by Gasteiger charge is -2.23. The van der Waals surface area contributed by atoms with Gasteiger partial charge in [-0.2, -0.15) is 0 Å². The normalized spacial score (nSPS) is 14.6. The summed E-state index contributed by atoms with van der Waals surface area (Å²) in [4.78, 5) is 7.05. The largest absolute Gasteiger partial charge is 0.364 e. The maximum Gasteiger partial charge on any atom is 0.191 e. The van der Waals surface area contributed by atoms with Crippen LogP contribution in [-0.4, -0.2) is 31.1 Å². The molecule has 1 aliphatic rings. The quantitative estimate of drug-likeness (QED) is 0.334. The van der Waals surface area contributed by atoms with Crippen LogP contribution in [0.4, 0.5) is 5.69 Å². The molecule has 0 radical (unpaired) electrons. The summed E-state index contributed by atoms with van der Waals surface area (Å²) < 4.78 is 0. The highest BCUT2D eigenvalue weighted by molar-refractivity contribution is 14.0. The average Bonchev–Trinajstić information content (AvgIpc) is 2.98. The lowest BCUT2D eigenvalue weighted by molar-refractivity contribution is 0.501. The fourth-order valence-corrected chi connectivity index (χ4v) is 2.37. The van der Waals surface area contributed by atoms with Crippen LogP contribution in [0.5, 0.6) is 0 Å². The van der Waals surface area contributed by atoms with Crippen molar-refractivity contribution in [3.05, 3.63) is 42.0 Å². The van der Waals surface area contributed by atoms with E-state index in [0.29, 0.717) is 6.54 Å². The zero-order chi connectivity index (χ0) is 16.0. The molecule has 0 aromatic heterocycles. The SMILES string of the molecule is CCNC(=NCc1cccc(N2CC=CC2)c1)NC(C)(C)C.I. The molecule has 1 aromatic carbocycles. The Morgan fingerprint density at radius 1 is 1.22 bits per heavy atom. The van der Waals surface area contributed by atoms with Crippen LogP contribution < -0.4 is 15.5 Å². The predicted molar refractivity (Wildman–Crippen MR) is 111 cm³/mol. The van der Waals surface area contributed by atoms with E-state index in [1.165, 1.54) is 11.3 Å². The Balaban J connectivity index is 0.00000264. The lowest BCUT2D eigenvalue weighted by Crippen LogP contribution is -2.47. The molecule has 128 valence electrons. The van der Waals surface area contributed by atoms with Crippen molar-refractivity contribution in [3.63, 3.8) is 0 Å². The zero-order valence-corrected chi connectivity index (χ0v) is 16.9. The second-order valence-corrected chi connectivity index (χ2v) is 6.62. The van der Waals surface area contributed by atoms with Gasteiger partial charge in [0, 0.05) is 30.9 Å². The summed E-state index contributed by atoms with van der Waals surface area (Å²) in [5.74, 6) is 0.864. The highest BCUT2D eigenvalue weighted by Gasteiger charge is 2.12. The number of nitrogens with one attached hydrogen (secondary N) is 2. The molecule has 0 saturated heterocycles. The molecule has 0 spiro atoms. The second kappa shape index (κ2) is 9.15. The number of aliphatic imine (C=N–C) groups is 1. The minimum atomic E-state index is 0. The Labute approximate surface area is 157 Å². The molecule has 0 unspecified atom stereocenters. The number of anilines is 1. The predicted octanol–water partition coefficient (Wildman–Crippen LogP) is 3.53. The average molecular weight is 428 g/mol. The number of hydrogen-bond donors (Lipinski definition) is 2. The van der Waals surface area contributed by atoms with Crippen LogP contribution in [0.1, 0.15) is 33.3 Å².